The Morgan fingerprint density at radius 1 is 1.32 bits per heavy atom. The summed E-state index contributed by atoms with van der Waals surface area (Å²) in [6.07, 6.45) is 0.791. The van der Waals surface area contributed by atoms with Gasteiger partial charge >= 0.3 is 0 Å². The van der Waals surface area contributed by atoms with Crippen molar-refractivity contribution in [2.24, 2.45) is 11.1 Å². The fraction of sp³-hybridized carbons (Fsp3) is 0.533. The topological polar surface area (TPSA) is 43.1 Å². The van der Waals surface area contributed by atoms with E-state index in [0.29, 0.717) is 6.42 Å². The van der Waals surface area contributed by atoms with Crippen LogP contribution < -0.4 is 5.73 Å². The van der Waals surface area contributed by atoms with Crippen LogP contribution in [0, 0.1) is 17.0 Å². The van der Waals surface area contributed by atoms with E-state index in [9.17, 15) is 13.6 Å². The first-order chi connectivity index (χ1) is 8.67. The van der Waals surface area contributed by atoms with Gasteiger partial charge in [0.1, 0.15) is 17.4 Å². The Balaban J connectivity index is 2.58. The maximum atomic E-state index is 13.4. The van der Waals surface area contributed by atoms with Crippen molar-refractivity contribution in [3.63, 3.8) is 0 Å². The summed E-state index contributed by atoms with van der Waals surface area (Å²) in [4.78, 5) is 11.8. The lowest BCUT2D eigenvalue weighted by molar-refractivity contribution is -0.118. The molecule has 0 saturated carbocycles. The zero-order valence-corrected chi connectivity index (χ0v) is 11.7. The van der Waals surface area contributed by atoms with E-state index in [1.165, 1.54) is 0 Å². The van der Waals surface area contributed by atoms with Crippen LogP contribution in [0.1, 0.15) is 39.2 Å². The average Bonchev–Trinajstić information content (AvgIpc) is 2.20. The van der Waals surface area contributed by atoms with E-state index in [4.69, 9.17) is 5.73 Å². The van der Waals surface area contributed by atoms with Crippen LogP contribution in [0.3, 0.4) is 0 Å². The molecule has 1 rings (SSSR count). The number of hydrogen-bond acceptors (Lipinski definition) is 2. The molecule has 0 spiro atoms. The van der Waals surface area contributed by atoms with Gasteiger partial charge in [-0.25, -0.2) is 8.78 Å². The smallest absolute Gasteiger partial charge is 0.138 e. The maximum absolute atomic E-state index is 13.4. The minimum atomic E-state index is -0.556. The number of benzene rings is 1. The Morgan fingerprint density at radius 2 is 1.95 bits per heavy atom. The summed E-state index contributed by atoms with van der Waals surface area (Å²) < 4.78 is 26.4. The molecule has 19 heavy (non-hydrogen) atoms. The van der Waals surface area contributed by atoms with Crippen molar-refractivity contribution in [3.05, 3.63) is 35.4 Å². The third-order valence-electron chi connectivity index (χ3n) is 2.76. The lowest BCUT2D eigenvalue weighted by Crippen LogP contribution is -2.29. The summed E-state index contributed by atoms with van der Waals surface area (Å²) in [7, 11) is 0. The molecule has 1 aromatic carbocycles. The van der Waals surface area contributed by atoms with Crippen LogP contribution in [-0.4, -0.2) is 11.8 Å². The van der Waals surface area contributed by atoms with Crippen molar-refractivity contribution >= 4 is 5.78 Å². The quantitative estimate of drug-likeness (QED) is 0.891. The summed E-state index contributed by atoms with van der Waals surface area (Å²) in [5, 5.41) is 0. The Bertz CT molecular complexity index is 452. The van der Waals surface area contributed by atoms with Crippen LogP contribution in [0.5, 0.6) is 0 Å². The molecule has 1 atom stereocenters. The van der Waals surface area contributed by atoms with Crippen LogP contribution >= 0.6 is 0 Å². The molecule has 0 bridgehead atoms. The van der Waals surface area contributed by atoms with Gasteiger partial charge in [-0.15, -0.1) is 0 Å². The molecule has 2 nitrogen and oxygen atoms in total. The number of ketones is 1. The van der Waals surface area contributed by atoms with Crippen molar-refractivity contribution in [2.75, 3.05) is 0 Å². The second-order valence-corrected chi connectivity index (χ2v) is 6.18. The normalized spacial score (nSPS) is 13.4. The zero-order chi connectivity index (χ0) is 14.6. The standard InChI is InChI=1S/C15H21F2NO/c1-15(2,3)9-12(18)8-13(19)7-10-6-11(16)4-5-14(10)17/h4-6,12H,7-9,18H2,1-3H3. The van der Waals surface area contributed by atoms with Gasteiger partial charge in [-0.1, -0.05) is 20.8 Å². The van der Waals surface area contributed by atoms with E-state index in [2.05, 4.69) is 0 Å². The van der Waals surface area contributed by atoms with Crippen molar-refractivity contribution < 1.29 is 13.6 Å². The number of Topliss-reactive ketones (excluding diaryl/α,β-unsaturated/α-hetero) is 1. The molecule has 0 aliphatic heterocycles. The first kappa shape index (κ1) is 15.8. The highest BCUT2D eigenvalue weighted by molar-refractivity contribution is 5.81. The third kappa shape index (κ3) is 5.92. The molecule has 0 aromatic heterocycles. The molecule has 0 amide bonds. The first-order valence-corrected chi connectivity index (χ1v) is 6.38. The predicted octanol–water partition coefficient (Wildman–Crippen LogP) is 3.23. The number of carbonyl (C=O) groups is 1. The van der Waals surface area contributed by atoms with Gasteiger partial charge in [0.15, 0.2) is 0 Å². The maximum Gasteiger partial charge on any atom is 0.138 e. The Kier molecular flexibility index (Phi) is 5.18. The van der Waals surface area contributed by atoms with Gasteiger partial charge in [-0.05, 0) is 35.6 Å². The largest absolute Gasteiger partial charge is 0.327 e. The van der Waals surface area contributed by atoms with E-state index in [1.807, 2.05) is 20.8 Å². The molecule has 0 aliphatic carbocycles. The molecule has 0 heterocycles. The molecule has 2 N–H and O–H groups in total. The highest BCUT2D eigenvalue weighted by atomic mass is 19.1. The summed E-state index contributed by atoms with van der Waals surface area (Å²) in [6.45, 7) is 6.14. The molecule has 106 valence electrons. The van der Waals surface area contributed by atoms with Gasteiger partial charge in [0.25, 0.3) is 0 Å². The SMILES string of the molecule is CC(C)(C)CC(N)CC(=O)Cc1cc(F)ccc1F. The lowest BCUT2D eigenvalue weighted by Gasteiger charge is -2.22. The molecular weight excluding hydrogens is 248 g/mol. The van der Waals surface area contributed by atoms with Gasteiger partial charge in [0.05, 0.1) is 0 Å². The Hall–Kier alpha value is -1.29. The number of hydrogen-bond donors (Lipinski definition) is 1. The van der Waals surface area contributed by atoms with Gasteiger partial charge in [0.2, 0.25) is 0 Å². The molecule has 1 unspecified atom stereocenters. The van der Waals surface area contributed by atoms with Gasteiger partial charge < -0.3 is 5.73 Å². The second kappa shape index (κ2) is 6.24. The fourth-order valence-electron chi connectivity index (χ4n) is 2.11. The van der Waals surface area contributed by atoms with E-state index in [1.54, 1.807) is 0 Å². The Morgan fingerprint density at radius 3 is 2.53 bits per heavy atom. The molecule has 0 fully saturated rings. The predicted molar refractivity (Wildman–Crippen MR) is 71.7 cm³/mol. The number of rotatable bonds is 5. The number of nitrogens with two attached hydrogens (primary N) is 1. The zero-order valence-electron chi connectivity index (χ0n) is 11.7. The number of carbonyl (C=O) groups excluding carboxylic acids is 1. The van der Waals surface area contributed by atoms with Crippen molar-refractivity contribution in [1.82, 2.24) is 0 Å². The minimum Gasteiger partial charge on any atom is -0.327 e. The van der Waals surface area contributed by atoms with E-state index < -0.39 is 11.6 Å². The third-order valence-corrected chi connectivity index (χ3v) is 2.76. The van der Waals surface area contributed by atoms with Crippen molar-refractivity contribution in [3.8, 4) is 0 Å². The van der Waals surface area contributed by atoms with Crippen LogP contribution in [0.25, 0.3) is 0 Å². The molecule has 4 heteroatoms. The monoisotopic (exact) mass is 269 g/mol. The van der Waals surface area contributed by atoms with Gasteiger partial charge in [0, 0.05) is 18.9 Å². The number of halogens is 2. The average molecular weight is 269 g/mol. The molecule has 0 aliphatic rings. The van der Waals surface area contributed by atoms with Crippen LogP contribution in [0.2, 0.25) is 0 Å². The van der Waals surface area contributed by atoms with Crippen molar-refractivity contribution in [2.45, 2.75) is 46.1 Å². The van der Waals surface area contributed by atoms with Gasteiger partial charge in [-0.2, -0.15) is 0 Å². The van der Waals surface area contributed by atoms with E-state index >= 15 is 0 Å². The van der Waals surface area contributed by atoms with Crippen LogP contribution in [0.4, 0.5) is 8.78 Å². The highest BCUT2D eigenvalue weighted by Crippen LogP contribution is 2.21. The fourth-order valence-corrected chi connectivity index (χ4v) is 2.11. The second-order valence-electron chi connectivity index (χ2n) is 6.18. The summed E-state index contributed by atoms with van der Waals surface area (Å²) in [6, 6.07) is 2.88. The molecule has 0 saturated heterocycles. The molecule has 1 aromatic rings. The Labute approximate surface area is 113 Å². The summed E-state index contributed by atoms with van der Waals surface area (Å²) in [5.41, 5.74) is 6.03. The summed E-state index contributed by atoms with van der Waals surface area (Å²) in [5.74, 6) is -1.26. The first-order valence-electron chi connectivity index (χ1n) is 6.38. The van der Waals surface area contributed by atoms with Gasteiger partial charge in [-0.3, -0.25) is 4.79 Å². The van der Waals surface area contributed by atoms with E-state index in [0.717, 1.165) is 18.2 Å². The van der Waals surface area contributed by atoms with Crippen LogP contribution in [0.15, 0.2) is 18.2 Å². The highest BCUT2D eigenvalue weighted by Gasteiger charge is 2.19. The lowest BCUT2D eigenvalue weighted by atomic mass is 9.86. The summed E-state index contributed by atoms with van der Waals surface area (Å²) >= 11 is 0. The molecular formula is C15H21F2NO. The minimum absolute atomic E-state index is 0.0454. The van der Waals surface area contributed by atoms with Crippen LogP contribution in [-0.2, 0) is 11.2 Å². The van der Waals surface area contributed by atoms with Crippen molar-refractivity contribution in [1.29, 1.82) is 0 Å². The molecule has 0 radical (unpaired) electrons. The van der Waals surface area contributed by atoms with E-state index in [-0.39, 0.29) is 35.6 Å².